The summed E-state index contributed by atoms with van der Waals surface area (Å²) >= 11 is 1.36. The lowest BCUT2D eigenvalue weighted by atomic mass is 10.1. The third-order valence-corrected chi connectivity index (χ3v) is 5.71. The third-order valence-electron chi connectivity index (χ3n) is 3.72. The highest BCUT2D eigenvalue weighted by Crippen LogP contribution is 2.38. The molecular weight excluding hydrogens is 360 g/mol. The van der Waals surface area contributed by atoms with Crippen molar-refractivity contribution >= 4 is 28.7 Å². The van der Waals surface area contributed by atoms with E-state index in [0.29, 0.717) is 22.6 Å². The summed E-state index contributed by atoms with van der Waals surface area (Å²) in [5.74, 6) is -0.0874. The molecule has 0 saturated heterocycles. The minimum atomic E-state index is -1.47. The molecule has 0 aromatic heterocycles. The molecule has 25 heavy (non-hydrogen) atoms. The second-order valence-corrected chi connectivity index (χ2v) is 7.61. The van der Waals surface area contributed by atoms with Crippen molar-refractivity contribution in [2.24, 2.45) is 0 Å². The van der Waals surface area contributed by atoms with E-state index in [1.807, 2.05) is 24.3 Å². The number of carbonyl (C=O) groups excluding carboxylic acids is 1. The number of nitrogens with one attached hydrogen (secondary N) is 2. The van der Waals surface area contributed by atoms with Crippen LogP contribution >= 0.6 is 11.9 Å². The van der Waals surface area contributed by atoms with E-state index in [9.17, 15) is 9.00 Å². The van der Waals surface area contributed by atoms with Crippen molar-refractivity contribution in [1.82, 2.24) is 9.44 Å². The van der Waals surface area contributed by atoms with Gasteiger partial charge in [0, 0.05) is 29.1 Å². The standard InChI is InChI=1S/C17H18N2O4S2/c20-7-5-18-24-11-1-3-13-14-4-2-12(25(23)19-6-8-21)10-16(14)17(22)15(13)9-11/h1-4,9-10,18-21H,5-8H2. The number of ketones is 1. The quantitative estimate of drug-likeness (QED) is 0.346. The number of carbonyl (C=O) groups is 1. The highest BCUT2D eigenvalue weighted by Gasteiger charge is 2.27. The lowest BCUT2D eigenvalue weighted by Crippen LogP contribution is -2.21. The Hall–Kier alpha value is -1.55. The average Bonchev–Trinajstić information content (AvgIpc) is 2.92. The van der Waals surface area contributed by atoms with E-state index in [-0.39, 0.29) is 25.5 Å². The Kier molecular flexibility index (Phi) is 6.00. The van der Waals surface area contributed by atoms with Crippen LogP contribution in [0.15, 0.2) is 46.2 Å². The molecule has 0 saturated carbocycles. The van der Waals surface area contributed by atoms with Crippen molar-refractivity contribution in [2.45, 2.75) is 9.79 Å². The zero-order valence-electron chi connectivity index (χ0n) is 13.3. The van der Waals surface area contributed by atoms with Crippen LogP contribution in [0.4, 0.5) is 0 Å². The number of hydrogen-bond acceptors (Lipinski definition) is 6. The van der Waals surface area contributed by atoms with Gasteiger partial charge in [-0.05, 0) is 47.3 Å². The first-order valence-corrected chi connectivity index (χ1v) is 9.72. The number of aliphatic hydroxyl groups excluding tert-OH is 2. The molecule has 1 unspecified atom stereocenters. The predicted octanol–water partition coefficient (Wildman–Crippen LogP) is 1.09. The summed E-state index contributed by atoms with van der Waals surface area (Å²) in [7, 11) is -1.47. The summed E-state index contributed by atoms with van der Waals surface area (Å²) in [5, 5.41) is 17.6. The minimum Gasteiger partial charge on any atom is -0.395 e. The molecule has 0 heterocycles. The molecule has 8 heteroatoms. The van der Waals surface area contributed by atoms with Crippen molar-refractivity contribution in [3.63, 3.8) is 0 Å². The molecule has 132 valence electrons. The van der Waals surface area contributed by atoms with Gasteiger partial charge in [0.1, 0.15) is 11.0 Å². The van der Waals surface area contributed by atoms with Crippen LogP contribution in [-0.4, -0.2) is 46.5 Å². The average molecular weight is 378 g/mol. The Labute approximate surface area is 152 Å². The summed E-state index contributed by atoms with van der Waals surface area (Å²) in [4.78, 5) is 14.1. The van der Waals surface area contributed by atoms with Gasteiger partial charge >= 0.3 is 0 Å². The molecule has 0 fully saturated rings. The molecule has 2 aromatic carbocycles. The van der Waals surface area contributed by atoms with Crippen LogP contribution in [0, 0.1) is 0 Å². The van der Waals surface area contributed by atoms with E-state index >= 15 is 0 Å². The maximum atomic E-state index is 12.7. The Bertz CT molecular complexity index is 826. The Balaban J connectivity index is 1.86. The molecular formula is C17H18N2O4S2. The molecule has 1 aliphatic rings. The number of benzene rings is 2. The number of fused-ring (bicyclic) bond motifs is 3. The van der Waals surface area contributed by atoms with E-state index in [1.165, 1.54) is 11.9 Å². The van der Waals surface area contributed by atoms with E-state index in [4.69, 9.17) is 10.2 Å². The fourth-order valence-corrected chi connectivity index (χ4v) is 4.15. The first kappa shape index (κ1) is 18.2. The zero-order valence-corrected chi connectivity index (χ0v) is 15.0. The monoisotopic (exact) mass is 378 g/mol. The summed E-state index contributed by atoms with van der Waals surface area (Å²) in [6, 6.07) is 10.8. The van der Waals surface area contributed by atoms with Gasteiger partial charge in [-0.25, -0.2) is 8.93 Å². The molecule has 1 aliphatic carbocycles. The Morgan fingerprint density at radius 1 is 0.920 bits per heavy atom. The summed E-state index contributed by atoms with van der Waals surface area (Å²) < 4.78 is 17.8. The van der Waals surface area contributed by atoms with Crippen molar-refractivity contribution in [2.75, 3.05) is 26.3 Å². The van der Waals surface area contributed by atoms with Crippen LogP contribution in [-0.2, 0) is 11.0 Å². The fourth-order valence-electron chi connectivity index (χ4n) is 2.62. The first-order valence-electron chi connectivity index (χ1n) is 7.75. The SMILES string of the molecule is O=C1c2cc(SNCCO)ccc2-c2ccc(S(=O)NCCO)cc21. The second kappa shape index (κ2) is 8.22. The second-order valence-electron chi connectivity index (χ2n) is 5.35. The van der Waals surface area contributed by atoms with Gasteiger partial charge in [0.2, 0.25) is 0 Å². The predicted molar refractivity (Wildman–Crippen MR) is 97.8 cm³/mol. The van der Waals surface area contributed by atoms with Gasteiger partial charge in [-0.2, -0.15) is 0 Å². The van der Waals surface area contributed by atoms with Crippen molar-refractivity contribution in [1.29, 1.82) is 0 Å². The summed E-state index contributed by atoms with van der Waals surface area (Å²) in [6.45, 7) is 0.629. The molecule has 0 aliphatic heterocycles. The van der Waals surface area contributed by atoms with Gasteiger partial charge < -0.3 is 10.2 Å². The van der Waals surface area contributed by atoms with Crippen molar-refractivity contribution < 1.29 is 19.2 Å². The zero-order chi connectivity index (χ0) is 17.8. The van der Waals surface area contributed by atoms with Crippen molar-refractivity contribution in [3.05, 3.63) is 47.5 Å². The number of rotatable bonds is 8. The van der Waals surface area contributed by atoms with Crippen molar-refractivity contribution in [3.8, 4) is 11.1 Å². The Morgan fingerprint density at radius 3 is 2.32 bits per heavy atom. The van der Waals surface area contributed by atoms with Crippen LogP contribution in [0.3, 0.4) is 0 Å². The molecule has 0 radical (unpaired) electrons. The lowest BCUT2D eigenvalue weighted by molar-refractivity contribution is 0.104. The normalized spacial score (nSPS) is 13.6. The van der Waals surface area contributed by atoms with E-state index < -0.39 is 11.0 Å². The molecule has 0 amide bonds. The highest BCUT2D eigenvalue weighted by molar-refractivity contribution is 7.97. The molecule has 1 atom stereocenters. The molecule has 0 spiro atoms. The molecule has 0 bridgehead atoms. The Morgan fingerprint density at radius 2 is 1.60 bits per heavy atom. The van der Waals surface area contributed by atoms with Crippen LogP contribution in [0.1, 0.15) is 15.9 Å². The largest absolute Gasteiger partial charge is 0.395 e. The van der Waals surface area contributed by atoms with Gasteiger partial charge in [-0.15, -0.1) is 0 Å². The topological polar surface area (TPSA) is 98.7 Å². The van der Waals surface area contributed by atoms with Gasteiger partial charge in [-0.1, -0.05) is 12.1 Å². The molecule has 6 nitrogen and oxygen atoms in total. The summed E-state index contributed by atoms with van der Waals surface area (Å²) in [5.41, 5.74) is 2.86. The number of hydrogen-bond donors (Lipinski definition) is 4. The van der Waals surface area contributed by atoms with E-state index in [1.54, 1.807) is 12.1 Å². The van der Waals surface area contributed by atoms with Crippen LogP contribution in [0.2, 0.25) is 0 Å². The first-order chi connectivity index (χ1) is 12.2. The van der Waals surface area contributed by atoms with Gasteiger partial charge in [0.05, 0.1) is 18.1 Å². The number of aliphatic hydroxyl groups is 2. The van der Waals surface area contributed by atoms with E-state index in [2.05, 4.69) is 9.44 Å². The van der Waals surface area contributed by atoms with Gasteiger partial charge in [0.15, 0.2) is 5.78 Å². The van der Waals surface area contributed by atoms with E-state index in [0.717, 1.165) is 16.0 Å². The minimum absolute atomic E-state index is 0.0482. The fraction of sp³-hybridized carbons (Fsp3) is 0.235. The van der Waals surface area contributed by atoms with Gasteiger partial charge in [-0.3, -0.25) is 9.52 Å². The molecule has 4 N–H and O–H groups in total. The lowest BCUT2D eigenvalue weighted by Gasteiger charge is -2.06. The van der Waals surface area contributed by atoms with Crippen LogP contribution in [0.25, 0.3) is 11.1 Å². The third kappa shape index (κ3) is 3.84. The maximum absolute atomic E-state index is 12.7. The van der Waals surface area contributed by atoms with Crippen LogP contribution < -0.4 is 9.44 Å². The van der Waals surface area contributed by atoms with Gasteiger partial charge in [0.25, 0.3) is 0 Å². The molecule has 3 rings (SSSR count). The smallest absolute Gasteiger partial charge is 0.194 e. The maximum Gasteiger partial charge on any atom is 0.194 e. The van der Waals surface area contributed by atoms with Crippen LogP contribution in [0.5, 0.6) is 0 Å². The summed E-state index contributed by atoms with van der Waals surface area (Å²) in [6.07, 6.45) is 0. The highest BCUT2D eigenvalue weighted by atomic mass is 32.2. The molecule has 2 aromatic rings.